The second-order valence-electron chi connectivity index (χ2n) is 3.70. The van der Waals surface area contributed by atoms with Gasteiger partial charge in [-0.1, -0.05) is 6.92 Å². The molecule has 0 unspecified atom stereocenters. The van der Waals surface area contributed by atoms with Crippen LogP contribution in [0.5, 0.6) is 11.5 Å². The SMILES string of the molecule is CCc1c(CC(C)=O)cc(OC)cc1OC. The first-order chi connectivity index (χ1) is 7.62. The summed E-state index contributed by atoms with van der Waals surface area (Å²) in [6.45, 7) is 3.64. The first-order valence-corrected chi connectivity index (χ1v) is 5.35. The van der Waals surface area contributed by atoms with Gasteiger partial charge in [-0.3, -0.25) is 4.79 Å². The quantitative estimate of drug-likeness (QED) is 0.767. The summed E-state index contributed by atoms with van der Waals surface area (Å²) in [7, 11) is 3.24. The van der Waals surface area contributed by atoms with E-state index >= 15 is 0 Å². The Hall–Kier alpha value is -1.51. The Balaban J connectivity index is 3.25. The second kappa shape index (κ2) is 5.54. The molecule has 0 radical (unpaired) electrons. The molecule has 0 spiro atoms. The fourth-order valence-electron chi connectivity index (χ4n) is 1.80. The van der Waals surface area contributed by atoms with Gasteiger partial charge in [0.15, 0.2) is 0 Å². The highest BCUT2D eigenvalue weighted by atomic mass is 16.5. The summed E-state index contributed by atoms with van der Waals surface area (Å²) in [5, 5.41) is 0. The number of ketones is 1. The van der Waals surface area contributed by atoms with Gasteiger partial charge in [0.2, 0.25) is 0 Å². The van der Waals surface area contributed by atoms with Gasteiger partial charge in [-0.05, 0) is 30.5 Å². The van der Waals surface area contributed by atoms with Gasteiger partial charge in [-0.25, -0.2) is 0 Å². The highest BCUT2D eigenvalue weighted by Gasteiger charge is 2.11. The molecule has 0 fully saturated rings. The van der Waals surface area contributed by atoms with Crippen molar-refractivity contribution >= 4 is 5.78 Å². The zero-order valence-electron chi connectivity index (χ0n) is 10.3. The van der Waals surface area contributed by atoms with E-state index in [-0.39, 0.29) is 5.78 Å². The Labute approximate surface area is 96.4 Å². The number of Topliss-reactive ketones (excluding diaryl/α,β-unsaturated/α-hetero) is 1. The minimum Gasteiger partial charge on any atom is -0.497 e. The monoisotopic (exact) mass is 222 g/mol. The molecule has 0 heterocycles. The number of hydrogen-bond donors (Lipinski definition) is 0. The predicted octanol–water partition coefficient (Wildman–Crippen LogP) is 2.40. The van der Waals surface area contributed by atoms with Crippen molar-refractivity contribution in [3.8, 4) is 11.5 Å². The fraction of sp³-hybridized carbons (Fsp3) is 0.462. The van der Waals surface area contributed by atoms with Crippen molar-refractivity contribution in [2.75, 3.05) is 14.2 Å². The third-order valence-corrected chi connectivity index (χ3v) is 2.52. The van der Waals surface area contributed by atoms with E-state index in [2.05, 4.69) is 0 Å². The van der Waals surface area contributed by atoms with E-state index in [1.54, 1.807) is 21.1 Å². The average Bonchev–Trinajstić information content (AvgIpc) is 2.27. The molecule has 1 rings (SSSR count). The lowest BCUT2D eigenvalue weighted by atomic mass is 9.99. The maximum Gasteiger partial charge on any atom is 0.134 e. The van der Waals surface area contributed by atoms with Crippen LogP contribution in [0.25, 0.3) is 0 Å². The average molecular weight is 222 g/mol. The number of methoxy groups -OCH3 is 2. The molecule has 0 aromatic heterocycles. The van der Waals surface area contributed by atoms with Crippen molar-refractivity contribution in [2.45, 2.75) is 26.7 Å². The lowest BCUT2D eigenvalue weighted by molar-refractivity contribution is -0.116. The van der Waals surface area contributed by atoms with Crippen LogP contribution in [0.2, 0.25) is 0 Å². The van der Waals surface area contributed by atoms with Gasteiger partial charge >= 0.3 is 0 Å². The Morgan fingerprint density at radius 2 is 1.94 bits per heavy atom. The topological polar surface area (TPSA) is 35.5 Å². The summed E-state index contributed by atoms with van der Waals surface area (Å²) < 4.78 is 10.5. The van der Waals surface area contributed by atoms with Crippen LogP contribution < -0.4 is 9.47 Å². The molecule has 0 amide bonds. The molecular weight excluding hydrogens is 204 g/mol. The molecule has 3 nitrogen and oxygen atoms in total. The zero-order valence-corrected chi connectivity index (χ0v) is 10.3. The van der Waals surface area contributed by atoms with Crippen molar-refractivity contribution in [3.05, 3.63) is 23.3 Å². The third kappa shape index (κ3) is 2.75. The number of rotatable bonds is 5. The summed E-state index contributed by atoms with van der Waals surface area (Å²) >= 11 is 0. The van der Waals surface area contributed by atoms with E-state index in [0.29, 0.717) is 6.42 Å². The van der Waals surface area contributed by atoms with E-state index < -0.39 is 0 Å². The smallest absolute Gasteiger partial charge is 0.134 e. The summed E-state index contributed by atoms with van der Waals surface area (Å²) in [4.78, 5) is 11.2. The number of carbonyl (C=O) groups is 1. The van der Waals surface area contributed by atoms with Crippen LogP contribution in [0.15, 0.2) is 12.1 Å². The summed E-state index contributed by atoms with van der Waals surface area (Å²) in [6.07, 6.45) is 1.27. The second-order valence-corrected chi connectivity index (χ2v) is 3.70. The van der Waals surface area contributed by atoms with Crippen molar-refractivity contribution in [2.24, 2.45) is 0 Å². The van der Waals surface area contributed by atoms with Gasteiger partial charge in [0.25, 0.3) is 0 Å². The largest absolute Gasteiger partial charge is 0.497 e. The first-order valence-electron chi connectivity index (χ1n) is 5.35. The summed E-state index contributed by atoms with van der Waals surface area (Å²) in [5.41, 5.74) is 2.07. The molecule has 0 atom stereocenters. The van der Waals surface area contributed by atoms with Gasteiger partial charge in [0.05, 0.1) is 14.2 Å². The van der Waals surface area contributed by atoms with Gasteiger partial charge in [0.1, 0.15) is 17.3 Å². The standard InChI is InChI=1S/C13H18O3/c1-5-12-10(6-9(2)14)7-11(15-3)8-13(12)16-4/h7-8H,5-6H2,1-4H3. The van der Waals surface area contributed by atoms with E-state index in [9.17, 15) is 4.79 Å². The molecule has 0 bridgehead atoms. The minimum absolute atomic E-state index is 0.144. The minimum atomic E-state index is 0.144. The number of ether oxygens (including phenoxy) is 2. The van der Waals surface area contributed by atoms with Gasteiger partial charge in [0, 0.05) is 12.5 Å². The molecule has 88 valence electrons. The Morgan fingerprint density at radius 1 is 1.25 bits per heavy atom. The van der Waals surface area contributed by atoms with Crippen molar-refractivity contribution in [3.63, 3.8) is 0 Å². The van der Waals surface area contributed by atoms with Crippen LogP contribution in [0.4, 0.5) is 0 Å². The molecule has 1 aromatic carbocycles. The molecule has 16 heavy (non-hydrogen) atoms. The predicted molar refractivity (Wildman–Crippen MR) is 63.3 cm³/mol. The molecule has 0 aliphatic rings. The van der Waals surface area contributed by atoms with Crippen LogP contribution in [0, 0.1) is 0 Å². The van der Waals surface area contributed by atoms with Crippen LogP contribution in [0.1, 0.15) is 25.0 Å². The van der Waals surface area contributed by atoms with E-state index in [4.69, 9.17) is 9.47 Å². The normalized spacial score (nSPS) is 10.0. The Morgan fingerprint density at radius 3 is 2.38 bits per heavy atom. The molecule has 0 saturated heterocycles. The molecule has 3 heteroatoms. The van der Waals surface area contributed by atoms with Crippen molar-refractivity contribution in [1.29, 1.82) is 0 Å². The third-order valence-electron chi connectivity index (χ3n) is 2.52. The van der Waals surface area contributed by atoms with Crippen molar-refractivity contribution < 1.29 is 14.3 Å². The molecule has 0 N–H and O–H groups in total. The molecule has 0 aliphatic heterocycles. The molecule has 1 aromatic rings. The number of carbonyl (C=O) groups excluding carboxylic acids is 1. The fourth-order valence-corrected chi connectivity index (χ4v) is 1.80. The first kappa shape index (κ1) is 12.6. The van der Waals surface area contributed by atoms with Crippen LogP contribution >= 0.6 is 0 Å². The number of hydrogen-bond acceptors (Lipinski definition) is 3. The number of benzene rings is 1. The van der Waals surface area contributed by atoms with Gasteiger partial charge in [-0.2, -0.15) is 0 Å². The van der Waals surface area contributed by atoms with Crippen LogP contribution in [-0.2, 0) is 17.6 Å². The molecule has 0 saturated carbocycles. The highest BCUT2D eigenvalue weighted by molar-refractivity contribution is 5.79. The highest BCUT2D eigenvalue weighted by Crippen LogP contribution is 2.29. The molecular formula is C13H18O3. The lowest BCUT2D eigenvalue weighted by Gasteiger charge is -2.14. The summed E-state index contributed by atoms with van der Waals surface area (Å²) in [6, 6.07) is 3.76. The zero-order chi connectivity index (χ0) is 12.1. The van der Waals surface area contributed by atoms with E-state index in [1.807, 2.05) is 19.1 Å². The van der Waals surface area contributed by atoms with Gasteiger partial charge < -0.3 is 9.47 Å². The maximum atomic E-state index is 11.2. The van der Waals surface area contributed by atoms with Crippen molar-refractivity contribution in [1.82, 2.24) is 0 Å². The molecule has 0 aliphatic carbocycles. The van der Waals surface area contributed by atoms with E-state index in [1.165, 1.54) is 0 Å². The van der Waals surface area contributed by atoms with Crippen LogP contribution in [0.3, 0.4) is 0 Å². The summed E-state index contributed by atoms with van der Waals surface area (Å²) in [5.74, 6) is 1.66. The van der Waals surface area contributed by atoms with E-state index in [0.717, 1.165) is 29.0 Å². The maximum absolute atomic E-state index is 11.2. The Kier molecular flexibility index (Phi) is 4.35. The lowest BCUT2D eigenvalue weighted by Crippen LogP contribution is -2.03. The van der Waals surface area contributed by atoms with Gasteiger partial charge in [-0.15, -0.1) is 0 Å². The van der Waals surface area contributed by atoms with Crippen LogP contribution in [-0.4, -0.2) is 20.0 Å². The Bertz CT molecular complexity index is 383.